The predicted molar refractivity (Wildman–Crippen MR) is 85.3 cm³/mol. The highest BCUT2D eigenvalue weighted by Gasteiger charge is 2.45. The molecular formula is C18H25NO3. The quantitative estimate of drug-likeness (QED) is 0.634. The standard InChI is InChI=1S/C18H25NO3/c1-5-22-18(21)16-14(4)19(11-12(2)17(16)20)13(3)15-9-7-6-8-10-15/h6-10,12-14,16H,5,11H2,1-4H3/t12-,13-,14-,16?/m0/s1. The maximum Gasteiger partial charge on any atom is 0.318 e. The van der Waals surface area contributed by atoms with Crippen molar-refractivity contribution in [2.45, 2.75) is 39.8 Å². The van der Waals surface area contributed by atoms with Gasteiger partial charge in [-0.25, -0.2) is 0 Å². The van der Waals surface area contributed by atoms with Crippen molar-refractivity contribution in [1.29, 1.82) is 0 Å². The smallest absolute Gasteiger partial charge is 0.318 e. The van der Waals surface area contributed by atoms with Gasteiger partial charge in [-0.2, -0.15) is 0 Å². The molecule has 22 heavy (non-hydrogen) atoms. The molecular weight excluding hydrogens is 278 g/mol. The summed E-state index contributed by atoms with van der Waals surface area (Å²) in [5.74, 6) is -1.23. The van der Waals surface area contributed by atoms with Gasteiger partial charge in [0.1, 0.15) is 5.92 Å². The van der Waals surface area contributed by atoms with Gasteiger partial charge in [-0.15, -0.1) is 0 Å². The Hall–Kier alpha value is -1.68. The Balaban J connectivity index is 2.25. The van der Waals surface area contributed by atoms with E-state index in [1.807, 2.05) is 32.0 Å². The first-order valence-corrected chi connectivity index (χ1v) is 7.98. The van der Waals surface area contributed by atoms with Gasteiger partial charge >= 0.3 is 5.97 Å². The number of carbonyl (C=O) groups excluding carboxylic acids is 2. The highest BCUT2D eigenvalue weighted by atomic mass is 16.5. The molecule has 0 saturated carbocycles. The van der Waals surface area contributed by atoms with Gasteiger partial charge in [0.25, 0.3) is 0 Å². The van der Waals surface area contributed by atoms with Gasteiger partial charge in [0.2, 0.25) is 0 Å². The molecule has 0 aliphatic carbocycles. The van der Waals surface area contributed by atoms with Crippen LogP contribution in [0.2, 0.25) is 0 Å². The van der Waals surface area contributed by atoms with Crippen LogP contribution in [0.15, 0.2) is 30.3 Å². The molecule has 1 heterocycles. The Kier molecular flexibility index (Phi) is 5.35. The van der Waals surface area contributed by atoms with Gasteiger partial charge in [0.05, 0.1) is 6.61 Å². The van der Waals surface area contributed by atoms with Crippen molar-refractivity contribution < 1.29 is 14.3 Å². The largest absolute Gasteiger partial charge is 0.465 e. The molecule has 4 atom stereocenters. The number of benzene rings is 1. The zero-order valence-electron chi connectivity index (χ0n) is 13.8. The number of ketones is 1. The number of likely N-dealkylation sites (tertiary alicyclic amines) is 1. The lowest BCUT2D eigenvalue weighted by Crippen LogP contribution is -2.55. The summed E-state index contributed by atoms with van der Waals surface area (Å²) in [7, 11) is 0. The second kappa shape index (κ2) is 7.05. The molecule has 1 aliphatic heterocycles. The van der Waals surface area contributed by atoms with Crippen molar-refractivity contribution >= 4 is 11.8 Å². The van der Waals surface area contributed by atoms with Crippen LogP contribution in [-0.2, 0) is 14.3 Å². The van der Waals surface area contributed by atoms with E-state index in [9.17, 15) is 9.59 Å². The average molecular weight is 303 g/mol. The zero-order chi connectivity index (χ0) is 16.3. The molecule has 2 rings (SSSR count). The van der Waals surface area contributed by atoms with Crippen molar-refractivity contribution in [3.8, 4) is 0 Å². The summed E-state index contributed by atoms with van der Waals surface area (Å²) in [6, 6.07) is 10.2. The molecule has 4 nitrogen and oxygen atoms in total. The lowest BCUT2D eigenvalue weighted by Gasteiger charge is -2.43. The molecule has 0 amide bonds. The number of carbonyl (C=O) groups is 2. The Morgan fingerprint density at radius 1 is 1.32 bits per heavy atom. The molecule has 1 fully saturated rings. The summed E-state index contributed by atoms with van der Waals surface area (Å²) in [6.45, 7) is 8.71. The monoisotopic (exact) mass is 303 g/mol. The van der Waals surface area contributed by atoms with Gasteiger partial charge in [0.15, 0.2) is 5.78 Å². The molecule has 1 aliphatic rings. The van der Waals surface area contributed by atoms with Gasteiger partial charge in [0, 0.05) is 24.5 Å². The number of hydrogen-bond donors (Lipinski definition) is 0. The number of hydrogen-bond acceptors (Lipinski definition) is 4. The minimum Gasteiger partial charge on any atom is -0.465 e. The van der Waals surface area contributed by atoms with Crippen LogP contribution >= 0.6 is 0 Å². The molecule has 1 aromatic rings. The first-order valence-electron chi connectivity index (χ1n) is 7.98. The number of piperidine rings is 1. The fraction of sp³-hybridized carbons (Fsp3) is 0.556. The van der Waals surface area contributed by atoms with E-state index in [0.29, 0.717) is 13.2 Å². The summed E-state index contributed by atoms with van der Waals surface area (Å²) in [5.41, 5.74) is 1.19. The van der Waals surface area contributed by atoms with E-state index in [0.717, 1.165) is 0 Å². The van der Waals surface area contributed by atoms with Crippen LogP contribution in [0.4, 0.5) is 0 Å². The normalized spacial score (nSPS) is 27.5. The van der Waals surface area contributed by atoms with Crippen LogP contribution in [0.25, 0.3) is 0 Å². The second-order valence-electron chi connectivity index (χ2n) is 6.06. The van der Waals surface area contributed by atoms with Crippen molar-refractivity contribution in [3.63, 3.8) is 0 Å². The first kappa shape index (κ1) is 16.7. The lowest BCUT2D eigenvalue weighted by atomic mass is 9.82. The fourth-order valence-corrected chi connectivity index (χ4v) is 3.29. The summed E-state index contributed by atoms with van der Waals surface area (Å²) in [5, 5.41) is 0. The van der Waals surface area contributed by atoms with Crippen molar-refractivity contribution in [2.75, 3.05) is 13.2 Å². The Bertz CT molecular complexity index is 528. The molecule has 1 unspecified atom stereocenters. The van der Waals surface area contributed by atoms with Crippen molar-refractivity contribution in [2.24, 2.45) is 11.8 Å². The van der Waals surface area contributed by atoms with Crippen LogP contribution in [-0.4, -0.2) is 35.8 Å². The fourth-order valence-electron chi connectivity index (χ4n) is 3.29. The third-order valence-electron chi connectivity index (χ3n) is 4.60. The molecule has 1 saturated heterocycles. The van der Waals surface area contributed by atoms with Crippen molar-refractivity contribution in [1.82, 2.24) is 4.90 Å². The Morgan fingerprint density at radius 2 is 1.95 bits per heavy atom. The van der Waals surface area contributed by atoms with Gasteiger partial charge < -0.3 is 4.74 Å². The minimum atomic E-state index is -0.685. The van der Waals surface area contributed by atoms with Crippen LogP contribution < -0.4 is 0 Å². The number of ether oxygens (including phenoxy) is 1. The molecule has 4 heteroatoms. The van der Waals surface area contributed by atoms with Crippen LogP contribution in [0, 0.1) is 11.8 Å². The highest BCUT2D eigenvalue weighted by molar-refractivity contribution is 6.01. The van der Waals surface area contributed by atoms with E-state index in [1.54, 1.807) is 6.92 Å². The summed E-state index contributed by atoms with van der Waals surface area (Å²) >= 11 is 0. The molecule has 1 aromatic carbocycles. The first-order chi connectivity index (χ1) is 10.5. The van der Waals surface area contributed by atoms with Crippen molar-refractivity contribution in [3.05, 3.63) is 35.9 Å². The van der Waals surface area contributed by atoms with Crippen LogP contribution in [0.3, 0.4) is 0 Å². The molecule has 120 valence electrons. The highest BCUT2D eigenvalue weighted by Crippen LogP contribution is 2.32. The molecule has 0 aromatic heterocycles. The van der Waals surface area contributed by atoms with E-state index in [-0.39, 0.29) is 23.8 Å². The second-order valence-corrected chi connectivity index (χ2v) is 6.06. The number of esters is 1. The number of rotatable bonds is 4. The Labute approximate surface area is 132 Å². The molecule has 0 radical (unpaired) electrons. The number of nitrogens with zero attached hydrogens (tertiary/aromatic N) is 1. The predicted octanol–water partition coefficient (Wildman–Crippen LogP) is 2.84. The van der Waals surface area contributed by atoms with E-state index in [2.05, 4.69) is 24.0 Å². The topological polar surface area (TPSA) is 46.6 Å². The summed E-state index contributed by atoms with van der Waals surface area (Å²) in [4.78, 5) is 26.9. The summed E-state index contributed by atoms with van der Waals surface area (Å²) < 4.78 is 5.12. The van der Waals surface area contributed by atoms with E-state index in [1.165, 1.54) is 5.56 Å². The van der Waals surface area contributed by atoms with E-state index >= 15 is 0 Å². The maximum absolute atomic E-state index is 12.4. The van der Waals surface area contributed by atoms with E-state index < -0.39 is 11.9 Å². The zero-order valence-corrected chi connectivity index (χ0v) is 13.8. The summed E-state index contributed by atoms with van der Waals surface area (Å²) in [6.07, 6.45) is 0. The van der Waals surface area contributed by atoms with Gasteiger partial charge in [-0.3, -0.25) is 14.5 Å². The third-order valence-corrected chi connectivity index (χ3v) is 4.60. The molecule has 0 spiro atoms. The SMILES string of the molecule is CCOC(=O)C1C(=O)[C@@H](C)CN([C@@H](C)c2ccccc2)[C@H]1C. The Morgan fingerprint density at radius 3 is 2.55 bits per heavy atom. The average Bonchev–Trinajstić information content (AvgIpc) is 2.51. The lowest BCUT2D eigenvalue weighted by molar-refractivity contribution is -0.159. The maximum atomic E-state index is 12.4. The molecule has 0 N–H and O–H groups in total. The van der Waals surface area contributed by atoms with Crippen LogP contribution in [0.5, 0.6) is 0 Å². The van der Waals surface area contributed by atoms with Gasteiger partial charge in [-0.05, 0) is 26.3 Å². The minimum absolute atomic E-state index is 0.00228. The van der Waals surface area contributed by atoms with Gasteiger partial charge in [-0.1, -0.05) is 37.3 Å². The van der Waals surface area contributed by atoms with E-state index in [4.69, 9.17) is 4.74 Å². The third kappa shape index (κ3) is 3.22. The number of Topliss-reactive ketones (excluding diaryl/α,β-unsaturated/α-hetero) is 1. The van der Waals surface area contributed by atoms with Crippen LogP contribution in [0.1, 0.15) is 39.3 Å². The molecule has 0 bridgehead atoms.